The minimum absolute atomic E-state index is 0.0518. The van der Waals surface area contributed by atoms with E-state index in [1.54, 1.807) is 50.6 Å². The van der Waals surface area contributed by atoms with Crippen LogP contribution in [0.4, 0.5) is 10.5 Å². The molecule has 1 amide bonds. The lowest BCUT2D eigenvalue weighted by Crippen LogP contribution is -2.34. The Bertz CT molecular complexity index is 1130. The molecule has 1 N–H and O–H groups in total. The fourth-order valence-corrected chi connectivity index (χ4v) is 3.14. The lowest BCUT2D eigenvalue weighted by atomic mass is 10.2. The average molecular weight is 431 g/mol. The number of aromatic nitrogens is 3. The van der Waals surface area contributed by atoms with E-state index in [1.165, 1.54) is 11.0 Å². The molecule has 0 radical (unpaired) electrons. The molecule has 0 atom stereocenters. The lowest BCUT2D eigenvalue weighted by molar-refractivity contribution is 0.0588. The van der Waals surface area contributed by atoms with Crippen molar-refractivity contribution in [2.24, 2.45) is 0 Å². The molecule has 1 aromatic carbocycles. The van der Waals surface area contributed by atoms with E-state index in [0.717, 1.165) is 5.56 Å². The van der Waals surface area contributed by atoms with Crippen molar-refractivity contribution in [3.63, 3.8) is 0 Å². The van der Waals surface area contributed by atoms with Crippen LogP contribution < -0.4 is 4.90 Å². The van der Waals surface area contributed by atoms with Crippen LogP contribution in [0, 0.1) is 6.92 Å². The van der Waals surface area contributed by atoms with Gasteiger partial charge in [0.2, 0.25) is 0 Å². The van der Waals surface area contributed by atoms with Gasteiger partial charge in [-0.25, -0.2) is 19.6 Å². The van der Waals surface area contributed by atoms with Crippen LogP contribution in [-0.4, -0.2) is 44.4 Å². The number of carboxylic acid groups (broad SMARTS) is 1. The molecule has 0 aliphatic rings. The lowest BCUT2D eigenvalue weighted by Gasteiger charge is -2.25. The maximum Gasteiger partial charge on any atom is 0.414 e. The zero-order chi connectivity index (χ0) is 22.2. The summed E-state index contributed by atoms with van der Waals surface area (Å²) in [4.78, 5) is 33.6. The average Bonchev–Trinajstić information content (AvgIpc) is 2.95. The van der Waals surface area contributed by atoms with Gasteiger partial charge in [0.1, 0.15) is 16.9 Å². The molecule has 0 fully saturated rings. The topological polar surface area (TPSA) is 97.5 Å². The Kier molecular flexibility index (Phi) is 5.72. The number of nitrogens with zero attached hydrogens (tertiary/aromatic N) is 4. The Labute approximate surface area is 179 Å². The third-order valence-electron chi connectivity index (χ3n) is 4.42. The molecule has 2 aromatic heterocycles. The molecule has 0 saturated heterocycles. The van der Waals surface area contributed by atoms with Gasteiger partial charge in [-0.3, -0.25) is 4.90 Å². The maximum absolute atomic E-state index is 12.3. The number of rotatable bonds is 4. The molecular formula is C21H23ClN4O4. The number of carboxylic acids is 1. The molecule has 2 heterocycles. The summed E-state index contributed by atoms with van der Waals surface area (Å²) >= 11 is 6.49. The van der Waals surface area contributed by atoms with Crippen LogP contribution in [0.3, 0.4) is 0 Å². The van der Waals surface area contributed by atoms with E-state index in [1.807, 2.05) is 13.0 Å². The summed E-state index contributed by atoms with van der Waals surface area (Å²) in [5.41, 5.74) is 1.80. The van der Waals surface area contributed by atoms with Crippen LogP contribution in [0.2, 0.25) is 5.02 Å². The summed E-state index contributed by atoms with van der Waals surface area (Å²) in [5.74, 6) is -0.416. The van der Waals surface area contributed by atoms with Gasteiger partial charge < -0.3 is 14.4 Å². The van der Waals surface area contributed by atoms with Gasteiger partial charge in [0.25, 0.3) is 0 Å². The Morgan fingerprint density at radius 3 is 2.50 bits per heavy atom. The van der Waals surface area contributed by atoms with Gasteiger partial charge in [0, 0.05) is 17.8 Å². The second kappa shape index (κ2) is 7.95. The van der Waals surface area contributed by atoms with E-state index in [2.05, 4.69) is 9.97 Å². The largest absolute Gasteiger partial charge is 0.477 e. The first-order chi connectivity index (χ1) is 14.0. The molecule has 8 nitrogen and oxygen atoms in total. The number of hydrogen-bond acceptors (Lipinski definition) is 5. The second-order valence-electron chi connectivity index (χ2n) is 7.90. The number of hydrogen-bond donors (Lipinski definition) is 1. The number of aromatic carboxylic acids is 1. The Morgan fingerprint density at radius 1 is 1.20 bits per heavy atom. The normalized spacial score (nSPS) is 11.5. The van der Waals surface area contributed by atoms with E-state index >= 15 is 0 Å². The highest BCUT2D eigenvalue weighted by atomic mass is 35.5. The van der Waals surface area contributed by atoms with Crippen molar-refractivity contribution in [1.29, 1.82) is 0 Å². The maximum atomic E-state index is 12.3. The predicted molar refractivity (Wildman–Crippen MR) is 114 cm³/mol. The minimum atomic E-state index is -1.10. The summed E-state index contributed by atoms with van der Waals surface area (Å²) in [6.07, 6.45) is -0.479. The van der Waals surface area contributed by atoms with Crippen molar-refractivity contribution in [3.8, 4) is 0 Å². The van der Waals surface area contributed by atoms with Crippen LogP contribution in [-0.2, 0) is 11.3 Å². The Balaban J connectivity index is 1.90. The fraction of sp³-hybridized carbons (Fsp3) is 0.333. The van der Waals surface area contributed by atoms with Crippen LogP contribution >= 0.6 is 11.6 Å². The van der Waals surface area contributed by atoms with E-state index < -0.39 is 17.7 Å². The van der Waals surface area contributed by atoms with Crippen molar-refractivity contribution in [2.75, 3.05) is 11.9 Å². The molecule has 0 aliphatic carbocycles. The van der Waals surface area contributed by atoms with Gasteiger partial charge in [-0.05, 0) is 57.5 Å². The van der Waals surface area contributed by atoms with E-state index in [9.17, 15) is 14.7 Å². The van der Waals surface area contributed by atoms with Crippen LogP contribution in [0.5, 0.6) is 0 Å². The first-order valence-corrected chi connectivity index (χ1v) is 9.66. The van der Waals surface area contributed by atoms with E-state index in [-0.39, 0.29) is 5.69 Å². The number of carbonyl (C=O) groups is 2. The molecule has 0 bridgehead atoms. The molecular weight excluding hydrogens is 408 g/mol. The molecule has 3 rings (SSSR count). The number of benzene rings is 1. The number of imidazole rings is 1. The summed E-state index contributed by atoms with van der Waals surface area (Å²) in [6, 6.07) is 8.33. The SMILES string of the molecule is Cc1nc2ccc(C(=O)O)nc2n1Cc1ccc(N(C)C(=O)OC(C)(C)C)cc1Cl. The molecule has 0 aliphatic heterocycles. The fourth-order valence-electron chi connectivity index (χ4n) is 2.90. The van der Waals surface area contributed by atoms with Gasteiger partial charge in [-0.15, -0.1) is 0 Å². The smallest absolute Gasteiger partial charge is 0.414 e. The Hall–Kier alpha value is -3.13. The zero-order valence-corrected chi connectivity index (χ0v) is 18.2. The van der Waals surface area contributed by atoms with Crippen molar-refractivity contribution < 1.29 is 19.4 Å². The summed E-state index contributed by atoms with van der Waals surface area (Å²) in [5, 5.41) is 9.68. The standard InChI is InChI=1S/C21H23ClN4O4/c1-12-23-16-8-9-17(19(27)28)24-18(16)26(12)11-13-6-7-14(10-15(13)22)25(5)20(29)30-21(2,3)4/h6-10H,11H2,1-5H3,(H,27,28). The van der Waals surface area contributed by atoms with Gasteiger partial charge >= 0.3 is 12.1 Å². The molecule has 3 aromatic rings. The number of amides is 1. The van der Waals surface area contributed by atoms with E-state index in [0.29, 0.717) is 34.2 Å². The number of pyridine rings is 1. The highest BCUT2D eigenvalue weighted by molar-refractivity contribution is 6.31. The molecule has 0 saturated carbocycles. The highest BCUT2D eigenvalue weighted by Gasteiger charge is 2.21. The van der Waals surface area contributed by atoms with Crippen LogP contribution in [0.25, 0.3) is 11.2 Å². The number of fused-ring (bicyclic) bond motifs is 1. The predicted octanol–water partition coefficient (Wildman–Crippen LogP) is 4.51. The quantitative estimate of drug-likeness (QED) is 0.653. The summed E-state index contributed by atoms with van der Waals surface area (Å²) < 4.78 is 7.18. The third-order valence-corrected chi connectivity index (χ3v) is 4.77. The third kappa shape index (κ3) is 4.54. The van der Waals surface area contributed by atoms with Gasteiger partial charge in [0.15, 0.2) is 11.3 Å². The summed E-state index contributed by atoms with van der Waals surface area (Å²) in [7, 11) is 1.62. The first-order valence-electron chi connectivity index (χ1n) is 9.28. The van der Waals surface area contributed by atoms with Crippen molar-refractivity contribution in [2.45, 2.75) is 39.8 Å². The van der Waals surface area contributed by atoms with Crippen molar-refractivity contribution in [3.05, 3.63) is 52.4 Å². The molecule has 9 heteroatoms. The monoisotopic (exact) mass is 430 g/mol. The van der Waals surface area contributed by atoms with Crippen molar-refractivity contribution >= 4 is 40.5 Å². The van der Waals surface area contributed by atoms with E-state index in [4.69, 9.17) is 16.3 Å². The second-order valence-corrected chi connectivity index (χ2v) is 8.31. The number of ether oxygens (including phenoxy) is 1. The Morgan fingerprint density at radius 2 is 1.90 bits per heavy atom. The van der Waals surface area contributed by atoms with Gasteiger partial charge in [-0.2, -0.15) is 0 Å². The molecule has 0 unspecified atom stereocenters. The minimum Gasteiger partial charge on any atom is -0.477 e. The van der Waals surface area contributed by atoms with Crippen LogP contribution in [0.1, 0.15) is 42.6 Å². The molecule has 0 spiro atoms. The number of carbonyl (C=O) groups excluding carboxylic acids is 1. The zero-order valence-electron chi connectivity index (χ0n) is 17.4. The number of halogens is 1. The van der Waals surface area contributed by atoms with Crippen LogP contribution in [0.15, 0.2) is 30.3 Å². The number of anilines is 1. The molecule has 30 heavy (non-hydrogen) atoms. The van der Waals surface area contributed by atoms with Gasteiger partial charge in [-0.1, -0.05) is 17.7 Å². The summed E-state index contributed by atoms with van der Waals surface area (Å²) in [6.45, 7) is 7.58. The van der Waals surface area contributed by atoms with Gasteiger partial charge in [0.05, 0.1) is 6.54 Å². The first kappa shape index (κ1) is 21.6. The van der Waals surface area contributed by atoms with Crippen molar-refractivity contribution in [1.82, 2.24) is 14.5 Å². The number of aryl methyl sites for hydroxylation is 1. The highest BCUT2D eigenvalue weighted by Crippen LogP contribution is 2.26. The molecule has 158 valence electrons.